The molecule has 0 aliphatic rings. The summed E-state index contributed by atoms with van der Waals surface area (Å²) >= 11 is 0. The van der Waals surface area contributed by atoms with Gasteiger partial charge in [-0.05, 0) is 2.67 Å². The van der Waals surface area contributed by atoms with Crippen LogP contribution in [0.2, 0.25) is 0 Å². The van der Waals surface area contributed by atoms with Crippen molar-refractivity contribution in [2.45, 2.75) is 0 Å². The van der Waals surface area contributed by atoms with Crippen molar-refractivity contribution >= 4 is 25.0 Å². The van der Waals surface area contributed by atoms with Gasteiger partial charge in [-0.2, -0.15) is 9.12 Å². The van der Waals surface area contributed by atoms with Crippen molar-refractivity contribution in [1.82, 2.24) is 0 Å². The Bertz CT molecular complexity index is 11.5. The Kier molecular flexibility index (Phi) is 32.5. The first-order valence-corrected chi connectivity index (χ1v) is 1.00. The molecule has 0 saturated heterocycles. The summed E-state index contributed by atoms with van der Waals surface area (Å²) in [4.78, 5) is 0. The maximum absolute atomic E-state index is 5.75. The number of hydrogen-bond donors (Lipinski definition) is 0. The molecule has 1 atom stereocenters. The summed E-state index contributed by atoms with van der Waals surface area (Å²) in [5.74, 6) is 0. The standard InChI is InChI=1S/BH2P.BH2.U/c1-2;;/h2H2;1H2;/i;1D2;. The van der Waals surface area contributed by atoms with Gasteiger partial charge in [-0.15, -0.1) is 0 Å². The van der Waals surface area contributed by atoms with Crippen LogP contribution in [0.4, 0.5) is 0 Å². The first kappa shape index (κ1) is 5.61. The van der Waals surface area contributed by atoms with Gasteiger partial charge in [0, 0.05) is 31.1 Å². The third-order valence-electron chi connectivity index (χ3n) is 0. The minimum Gasteiger partial charge on any atom is -0.187 e. The Morgan fingerprint density at radius 1 is 2.00 bits per heavy atom. The van der Waals surface area contributed by atoms with Gasteiger partial charge in [-0.25, -0.2) is 0 Å². The van der Waals surface area contributed by atoms with E-state index in [-0.39, 0.29) is 31.1 Å². The van der Waals surface area contributed by atoms with Gasteiger partial charge in [0.05, 0.1) is 15.9 Å². The van der Waals surface area contributed by atoms with Gasteiger partial charge in [0.2, 0.25) is 0 Å². The molecule has 1 unspecified atom stereocenters. The van der Waals surface area contributed by atoms with Gasteiger partial charge in [0.25, 0.3) is 0 Å². The zero-order valence-electron chi connectivity index (χ0n) is 4.23. The van der Waals surface area contributed by atoms with E-state index >= 15 is 0 Å². The number of rotatable bonds is 0. The maximum atomic E-state index is 5.75. The van der Waals surface area contributed by atoms with E-state index in [0.29, 0.717) is 8.34 Å². The molecule has 0 saturated carbocycles. The minimum absolute atomic E-state index is 0. The predicted octanol–water partition coefficient (Wildman–Crippen LogP) is -0.971. The van der Waals surface area contributed by atoms with Crippen molar-refractivity contribution in [3.05, 3.63) is 0 Å². The Hall–Kier alpha value is 1.61. The molecular formula is H4B2PU. The Balaban J connectivity index is -0.0000000275. The zero-order chi connectivity index (χ0) is 4.71. The first-order valence-electron chi connectivity index (χ1n) is 1.49. The van der Waals surface area contributed by atoms with Crippen molar-refractivity contribution < 1.29 is 31.1 Å². The molecule has 0 aromatic carbocycles. The normalized spacial score (nSPS) is 5.25. The fourth-order valence-electron chi connectivity index (χ4n) is 0. The van der Waals surface area contributed by atoms with E-state index in [0.717, 1.165) is 0 Å². The molecule has 0 heterocycles. The van der Waals surface area contributed by atoms with Gasteiger partial charge in [-0.1, -0.05) is 0 Å². The molecule has 0 amide bonds. The zero-order valence-corrected chi connectivity index (χ0v) is 7.55. The molecule has 0 rings (SSSR count). The summed E-state index contributed by atoms with van der Waals surface area (Å²) in [5.41, 5.74) is 0. The van der Waals surface area contributed by atoms with Crippen LogP contribution in [0, 0.1) is 31.1 Å². The van der Waals surface area contributed by atoms with Crippen LogP contribution in [0.3, 0.4) is 0 Å². The van der Waals surface area contributed by atoms with Gasteiger partial charge in [0.1, 0.15) is 0 Å². The molecule has 19 valence electrons. The third kappa shape index (κ3) is 9.48. The van der Waals surface area contributed by atoms with Crippen LogP contribution in [0.15, 0.2) is 0 Å². The van der Waals surface area contributed by atoms with Crippen molar-refractivity contribution in [1.29, 1.82) is 2.67 Å². The fraction of sp³-hybridized carbons (Fsp3) is 0. The quantitative estimate of drug-likeness (QED) is 0.399. The molecule has 0 bridgehead atoms. The molecule has 0 N–H and O–H groups in total. The molecule has 0 fully saturated rings. The second kappa shape index (κ2) is 23.2. The summed E-state index contributed by atoms with van der Waals surface area (Å²) in [5, 5.41) is 0. The van der Waals surface area contributed by atoms with E-state index in [1.54, 1.807) is 0 Å². The topological polar surface area (TPSA) is 0 Å². The van der Waals surface area contributed by atoms with E-state index in [1.165, 1.54) is 0 Å². The molecule has 0 aromatic rings. The summed E-state index contributed by atoms with van der Waals surface area (Å²) in [6, 6.07) is 0. The van der Waals surface area contributed by atoms with Gasteiger partial charge in [0.15, 0.2) is 0 Å². The molecule has 0 spiro atoms. The largest absolute Gasteiger partial charge is 0.187 e. The van der Waals surface area contributed by atoms with Crippen LogP contribution in [0.25, 0.3) is 0 Å². The second-order valence-corrected chi connectivity index (χ2v) is 0. The molecule has 0 nitrogen and oxygen atoms in total. The van der Waals surface area contributed by atoms with Crippen molar-refractivity contribution in [3.63, 3.8) is 0 Å². The van der Waals surface area contributed by atoms with Crippen molar-refractivity contribution in [2.75, 3.05) is 0 Å². The monoisotopic (exact) mass is 297 g/mol. The average molecular weight is 297 g/mol. The summed E-state index contributed by atoms with van der Waals surface area (Å²) < 4.78 is 11.5. The predicted molar refractivity (Wildman–Crippen MR) is 24.0 cm³/mol. The molecule has 3 radical (unpaired) electrons. The van der Waals surface area contributed by atoms with Crippen molar-refractivity contribution in [2.24, 2.45) is 0 Å². The molecule has 4 heteroatoms. The van der Waals surface area contributed by atoms with Crippen LogP contribution in [0.5, 0.6) is 0 Å². The molecule has 4 heavy (non-hydrogen) atoms. The average Bonchev–Trinajstić information content (AvgIpc) is 1.46. The van der Waals surface area contributed by atoms with Gasteiger partial charge >= 0.3 is 0 Å². The van der Waals surface area contributed by atoms with Gasteiger partial charge < -0.3 is 0 Å². The maximum Gasteiger partial charge on any atom is 0.0996 e. The van der Waals surface area contributed by atoms with E-state index in [1.807, 2.05) is 9.12 Å². The van der Waals surface area contributed by atoms with Crippen LogP contribution < -0.4 is 0 Å². The van der Waals surface area contributed by atoms with Crippen LogP contribution >= 0.6 is 9.12 Å². The van der Waals surface area contributed by atoms with E-state index < -0.39 is 0 Å². The van der Waals surface area contributed by atoms with E-state index in [4.69, 9.17) is 2.67 Å². The smallest absolute Gasteiger partial charge is 0.0996 e. The molecule has 0 aliphatic carbocycles. The Morgan fingerprint density at radius 2 is 2.00 bits per heavy atom. The van der Waals surface area contributed by atoms with Gasteiger partial charge in [-0.3, -0.25) is 0 Å². The van der Waals surface area contributed by atoms with Crippen LogP contribution in [-0.2, 0) is 0 Å². The van der Waals surface area contributed by atoms with Crippen LogP contribution in [-0.4, -0.2) is 18.6 Å². The molecule has 0 aromatic heterocycles. The SMILES string of the molecule is [2H][B][2H].[B]P.[U]. The molecular weight excluding hydrogens is 291 g/mol. The summed E-state index contributed by atoms with van der Waals surface area (Å²) in [6.45, 7) is 0. The van der Waals surface area contributed by atoms with E-state index in [2.05, 4.69) is 7.57 Å². The van der Waals surface area contributed by atoms with Crippen molar-refractivity contribution in [3.8, 4) is 0 Å². The van der Waals surface area contributed by atoms with E-state index in [9.17, 15) is 0 Å². The summed E-state index contributed by atoms with van der Waals surface area (Å²) in [7, 11) is 6.83. The van der Waals surface area contributed by atoms with Crippen LogP contribution in [0.1, 0.15) is 0 Å². The summed E-state index contributed by atoms with van der Waals surface area (Å²) in [6.07, 6.45) is 0. The molecule has 0 aliphatic heterocycles. The third-order valence-corrected chi connectivity index (χ3v) is 0. The Labute approximate surface area is 58.7 Å². The second-order valence-electron chi connectivity index (χ2n) is 0. The first-order chi connectivity index (χ1) is 2.41. The minimum atomic E-state index is 0. The fourth-order valence-corrected chi connectivity index (χ4v) is 0. The number of hydrogen-bond acceptors (Lipinski definition) is 0. The Morgan fingerprint density at radius 3 is 2.00 bits per heavy atom.